The van der Waals surface area contributed by atoms with Gasteiger partial charge < -0.3 is 9.67 Å². The lowest BCUT2D eigenvalue weighted by Gasteiger charge is -2.14. The Kier molecular flexibility index (Phi) is 2.82. The summed E-state index contributed by atoms with van der Waals surface area (Å²) in [7, 11) is -3.04. The summed E-state index contributed by atoms with van der Waals surface area (Å²) in [5.41, 5.74) is 1.26. The van der Waals surface area contributed by atoms with Crippen LogP contribution in [-0.2, 0) is 9.84 Å². The summed E-state index contributed by atoms with van der Waals surface area (Å²) < 4.78 is 25.1. The Morgan fingerprint density at radius 2 is 2.20 bits per heavy atom. The van der Waals surface area contributed by atoms with Crippen molar-refractivity contribution in [3.8, 4) is 0 Å². The monoisotopic (exact) mass is 294 g/mol. The molecule has 1 aliphatic rings. The Hall–Kier alpha value is -1.89. The average molecular weight is 294 g/mol. The molecular weight excluding hydrogens is 280 g/mol. The fourth-order valence-corrected chi connectivity index (χ4v) is 4.56. The van der Waals surface area contributed by atoms with Gasteiger partial charge in [-0.25, -0.2) is 18.2 Å². The number of aromatic nitrogens is 2. The molecule has 0 aliphatic carbocycles. The van der Waals surface area contributed by atoms with Gasteiger partial charge in [0.25, 0.3) is 0 Å². The third-order valence-corrected chi connectivity index (χ3v) is 5.44. The number of carbonyl (C=O) groups is 1. The highest BCUT2D eigenvalue weighted by Crippen LogP contribution is 2.30. The number of para-hydroxylation sites is 1. The highest BCUT2D eigenvalue weighted by molar-refractivity contribution is 7.91. The van der Waals surface area contributed by atoms with Gasteiger partial charge in [0.2, 0.25) is 0 Å². The zero-order chi connectivity index (χ0) is 14.5. The first-order valence-electron chi connectivity index (χ1n) is 6.30. The van der Waals surface area contributed by atoms with E-state index in [1.165, 1.54) is 6.07 Å². The predicted molar refractivity (Wildman–Crippen MR) is 73.7 cm³/mol. The number of nitrogens with zero attached hydrogens (tertiary/aromatic N) is 2. The van der Waals surface area contributed by atoms with Gasteiger partial charge in [-0.05, 0) is 25.5 Å². The lowest BCUT2D eigenvalue weighted by Crippen LogP contribution is -2.14. The third-order valence-electron chi connectivity index (χ3n) is 3.69. The predicted octanol–water partition coefficient (Wildman–Crippen LogP) is 1.40. The first-order valence-corrected chi connectivity index (χ1v) is 8.12. The molecule has 3 rings (SSSR count). The number of benzene rings is 1. The van der Waals surface area contributed by atoms with Gasteiger partial charge in [-0.3, -0.25) is 0 Å². The fraction of sp³-hybridized carbons (Fsp3) is 0.385. The molecule has 1 fully saturated rings. The summed E-state index contributed by atoms with van der Waals surface area (Å²) in [4.78, 5) is 15.7. The first-order chi connectivity index (χ1) is 9.39. The van der Waals surface area contributed by atoms with E-state index in [4.69, 9.17) is 0 Å². The van der Waals surface area contributed by atoms with Crippen LogP contribution in [0.4, 0.5) is 0 Å². The van der Waals surface area contributed by atoms with Crippen LogP contribution >= 0.6 is 0 Å². The lowest BCUT2D eigenvalue weighted by molar-refractivity contribution is 0.0698. The molecule has 1 aromatic heterocycles. The van der Waals surface area contributed by atoms with Crippen LogP contribution < -0.4 is 0 Å². The Balaban J connectivity index is 2.25. The summed E-state index contributed by atoms with van der Waals surface area (Å²) in [5.74, 6) is -0.187. The highest BCUT2D eigenvalue weighted by atomic mass is 32.2. The van der Waals surface area contributed by atoms with Crippen molar-refractivity contribution in [2.45, 2.75) is 19.4 Å². The van der Waals surface area contributed by atoms with Crippen molar-refractivity contribution in [3.63, 3.8) is 0 Å². The van der Waals surface area contributed by atoms with E-state index in [-0.39, 0.29) is 23.1 Å². The molecule has 106 valence electrons. The second-order valence-electron chi connectivity index (χ2n) is 5.06. The second kappa shape index (κ2) is 4.31. The molecule has 0 amide bonds. The van der Waals surface area contributed by atoms with Crippen LogP contribution in [0, 0.1) is 6.92 Å². The molecule has 0 radical (unpaired) electrons. The van der Waals surface area contributed by atoms with Gasteiger partial charge in [0, 0.05) is 0 Å². The van der Waals surface area contributed by atoms with E-state index in [9.17, 15) is 18.3 Å². The molecule has 1 aromatic carbocycles. The minimum atomic E-state index is -3.04. The van der Waals surface area contributed by atoms with Crippen molar-refractivity contribution < 1.29 is 18.3 Å². The minimum Gasteiger partial charge on any atom is -0.478 e. The van der Waals surface area contributed by atoms with E-state index in [0.29, 0.717) is 23.3 Å². The maximum atomic E-state index is 11.7. The quantitative estimate of drug-likeness (QED) is 0.904. The Morgan fingerprint density at radius 3 is 2.80 bits per heavy atom. The Morgan fingerprint density at radius 1 is 1.45 bits per heavy atom. The molecule has 2 heterocycles. The minimum absolute atomic E-state index is 0.0489. The van der Waals surface area contributed by atoms with Crippen LogP contribution in [-0.4, -0.2) is 40.6 Å². The van der Waals surface area contributed by atoms with Gasteiger partial charge in [0.05, 0.1) is 34.1 Å². The number of sulfone groups is 1. The third kappa shape index (κ3) is 1.98. The van der Waals surface area contributed by atoms with Crippen LogP contribution in [0.15, 0.2) is 18.2 Å². The van der Waals surface area contributed by atoms with E-state index in [2.05, 4.69) is 4.98 Å². The number of hydrogen-bond acceptors (Lipinski definition) is 4. The second-order valence-corrected chi connectivity index (χ2v) is 7.29. The zero-order valence-electron chi connectivity index (χ0n) is 10.9. The number of aryl methyl sites for hydroxylation is 1. The molecule has 6 nitrogen and oxygen atoms in total. The van der Waals surface area contributed by atoms with E-state index in [1.54, 1.807) is 23.6 Å². The largest absolute Gasteiger partial charge is 0.478 e. The summed E-state index contributed by atoms with van der Waals surface area (Å²) in [6.07, 6.45) is 0.503. The summed E-state index contributed by atoms with van der Waals surface area (Å²) in [5, 5.41) is 9.30. The van der Waals surface area contributed by atoms with Gasteiger partial charge in [0.1, 0.15) is 5.82 Å². The SMILES string of the molecule is Cc1nc2cccc(C(=O)O)c2n1C1CCS(=O)(=O)C1. The van der Waals surface area contributed by atoms with E-state index < -0.39 is 15.8 Å². The van der Waals surface area contributed by atoms with Gasteiger partial charge in [-0.15, -0.1) is 0 Å². The molecule has 1 saturated heterocycles. The molecule has 2 aromatic rings. The topological polar surface area (TPSA) is 89.3 Å². The van der Waals surface area contributed by atoms with Crippen LogP contribution in [0.5, 0.6) is 0 Å². The van der Waals surface area contributed by atoms with Crippen molar-refractivity contribution in [2.75, 3.05) is 11.5 Å². The lowest BCUT2D eigenvalue weighted by atomic mass is 10.1. The molecular formula is C13H14N2O4S. The number of hydrogen-bond donors (Lipinski definition) is 1. The molecule has 1 aliphatic heterocycles. The van der Waals surface area contributed by atoms with Crippen molar-refractivity contribution in [2.24, 2.45) is 0 Å². The zero-order valence-corrected chi connectivity index (χ0v) is 11.7. The van der Waals surface area contributed by atoms with E-state index >= 15 is 0 Å². The summed E-state index contributed by atoms with van der Waals surface area (Å²) in [6.45, 7) is 1.77. The van der Waals surface area contributed by atoms with Crippen LogP contribution in [0.1, 0.15) is 28.6 Å². The molecule has 7 heteroatoms. The van der Waals surface area contributed by atoms with Gasteiger partial charge >= 0.3 is 5.97 Å². The number of carboxylic acid groups (broad SMARTS) is 1. The van der Waals surface area contributed by atoms with Gasteiger partial charge in [0.15, 0.2) is 9.84 Å². The fourth-order valence-electron chi connectivity index (χ4n) is 2.86. The van der Waals surface area contributed by atoms with Gasteiger partial charge in [-0.2, -0.15) is 0 Å². The van der Waals surface area contributed by atoms with Crippen molar-refractivity contribution in [1.82, 2.24) is 9.55 Å². The normalized spacial score (nSPS) is 21.4. The number of rotatable bonds is 2. The molecule has 0 saturated carbocycles. The molecule has 0 bridgehead atoms. The first kappa shape index (κ1) is 13.1. The van der Waals surface area contributed by atoms with E-state index in [0.717, 1.165) is 0 Å². The average Bonchev–Trinajstić information content (AvgIpc) is 2.87. The van der Waals surface area contributed by atoms with Crippen molar-refractivity contribution in [1.29, 1.82) is 0 Å². The van der Waals surface area contributed by atoms with Crippen LogP contribution in [0.25, 0.3) is 11.0 Å². The Bertz CT molecular complexity index is 807. The molecule has 20 heavy (non-hydrogen) atoms. The Labute approximate surface area is 116 Å². The number of aromatic carboxylic acids is 1. The van der Waals surface area contributed by atoms with E-state index in [1.807, 2.05) is 0 Å². The smallest absolute Gasteiger partial charge is 0.337 e. The molecule has 1 N–H and O–H groups in total. The standard InChI is InChI=1S/C13H14N2O4S/c1-8-14-11-4-2-3-10(13(16)17)12(11)15(8)9-5-6-20(18,19)7-9/h2-4,9H,5-7H2,1H3,(H,16,17). The number of fused-ring (bicyclic) bond motifs is 1. The number of carboxylic acids is 1. The maximum Gasteiger partial charge on any atom is 0.337 e. The summed E-state index contributed by atoms with van der Waals surface area (Å²) >= 11 is 0. The van der Waals surface area contributed by atoms with Crippen molar-refractivity contribution >= 4 is 26.8 Å². The summed E-state index contributed by atoms with van der Waals surface area (Å²) in [6, 6.07) is 4.68. The highest BCUT2D eigenvalue weighted by Gasteiger charge is 2.32. The number of imidazole rings is 1. The van der Waals surface area contributed by atoms with Crippen molar-refractivity contribution in [3.05, 3.63) is 29.6 Å². The maximum absolute atomic E-state index is 11.7. The van der Waals surface area contributed by atoms with Crippen LogP contribution in [0.3, 0.4) is 0 Å². The van der Waals surface area contributed by atoms with Gasteiger partial charge in [-0.1, -0.05) is 6.07 Å². The van der Waals surface area contributed by atoms with Crippen LogP contribution in [0.2, 0.25) is 0 Å². The molecule has 1 unspecified atom stereocenters. The molecule has 0 spiro atoms. The molecule has 1 atom stereocenters.